The Balaban J connectivity index is 2.86. The smallest absolute Gasteiger partial charge is 0.348 e. The molecule has 0 spiro atoms. The van der Waals surface area contributed by atoms with Gasteiger partial charge in [0.05, 0.1) is 19.3 Å². The Morgan fingerprint density at radius 1 is 1.65 bits per heavy atom. The van der Waals surface area contributed by atoms with E-state index in [1.807, 2.05) is 6.07 Å². The number of esters is 1. The second kappa shape index (κ2) is 6.41. The Kier molecular flexibility index (Phi) is 5.17. The van der Waals surface area contributed by atoms with Gasteiger partial charge in [-0.1, -0.05) is 13.8 Å². The number of carbonyl (C=O) groups excluding carboxylic acids is 1. The normalized spacial score (nSPS) is 23.1. The molecule has 0 aromatic heterocycles. The van der Waals surface area contributed by atoms with E-state index in [0.717, 1.165) is 5.57 Å². The lowest BCUT2D eigenvalue weighted by Crippen LogP contribution is -2.27. The molecule has 1 fully saturated rings. The number of carbonyl (C=O) groups is 1. The van der Waals surface area contributed by atoms with Crippen LogP contribution in [0.25, 0.3) is 0 Å². The Morgan fingerprint density at radius 2 is 2.35 bits per heavy atom. The predicted octanol–water partition coefficient (Wildman–Crippen LogP) is 2.20. The van der Waals surface area contributed by atoms with Crippen molar-refractivity contribution in [2.75, 3.05) is 13.2 Å². The zero-order valence-corrected chi connectivity index (χ0v) is 10.7. The Hall–Kier alpha value is -1.34. The van der Waals surface area contributed by atoms with Gasteiger partial charge in [0, 0.05) is 0 Å². The third kappa shape index (κ3) is 3.57. The number of rotatable bonds is 3. The van der Waals surface area contributed by atoms with E-state index < -0.39 is 5.97 Å². The average Bonchev–Trinajstić information content (AvgIpc) is 2.30. The van der Waals surface area contributed by atoms with Gasteiger partial charge in [-0.15, -0.1) is 0 Å². The van der Waals surface area contributed by atoms with Crippen LogP contribution in [-0.4, -0.2) is 25.3 Å². The van der Waals surface area contributed by atoms with Crippen LogP contribution in [0.1, 0.15) is 33.6 Å². The van der Waals surface area contributed by atoms with Crippen LogP contribution in [0.2, 0.25) is 0 Å². The monoisotopic (exact) mass is 237 g/mol. The van der Waals surface area contributed by atoms with Crippen LogP contribution in [0.3, 0.4) is 0 Å². The molecule has 1 rings (SSSR count). The van der Waals surface area contributed by atoms with Gasteiger partial charge in [0.2, 0.25) is 0 Å². The first-order valence-corrected chi connectivity index (χ1v) is 6.01. The minimum absolute atomic E-state index is 0.0940. The van der Waals surface area contributed by atoms with Crippen LogP contribution in [0.5, 0.6) is 0 Å². The van der Waals surface area contributed by atoms with Gasteiger partial charge in [-0.3, -0.25) is 0 Å². The maximum absolute atomic E-state index is 11.6. The van der Waals surface area contributed by atoms with E-state index in [0.29, 0.717) is 32.0 Å². The third-order valence-electron chi connectivity index (χ3n) is 2.87. The van der Waals surface area contributed by atoms with Gasteiger partial charge < -0.3 is 9.47 Å². The van der Waals surface area contributed by atoms with Crippen molar-refractivity contribution in [3.63, 3.8) is 0 Å². The number of hydrogen-bond acceptors (Lipinski definition) is 4. The van der Waals surface area contributed by atoms with E-state index in [1.165, 1.54) is 0 Å². The molecule has 0 saturated carbocycles. The maximum Gasteiger partial charge on any atom is 0.348 e. The van der Waals surface area contributed by atoms with Crippen LogP contribution in [-0.2, 0) is 14.3 Å². The summed E-state index contributed by atoms with van der Waals surface area (Å²) in [5.74, 6) is -0.123. The number of ether oxygens (including phenoxy) is 2. The van der Waals surface area contributed by atoms with E-state index in [2.05, 4.69) is 13.8 Å². The summed E-state index contributed by atoms with van der Waals surface area (Å²) < 4.78 is 10.5. The van der Waals surface area contributed by atoms with Gasteiger partial charge in [0.25, 0.3) is 0 Å². The summed E-state index contributed by atoms with van der Waals surface area (Å²) in [7, 11) is 0. The van der Waals surface area contributed by atoms with E-state index in [1.54, 1.807) is 6.92 Å². The highest BCUT2D eigenvalue weighted by Gasteiger charge is 2.25. The summed E-state index contributed by atoms with van der Waals surface area (Å²) in [5.41, 5.74) is 1.04. The molecule has 17 heavy (non-hydrogen) atoms. The molecular formula is C13H19NO3. The second-order valence-electron chi connectivity index (χ2n) is 4.42. The highest BCUT2D eigenvalue weighted by molar-refractivity contribution is 5.93. The van der Waals surface area contributed by atoms with Crippen LogP contribution in [0.15, 0.2) is 11.1 Å². The van der Waals surface area contributed by atoms with Crippen molar-refractivity contribution in [1.82, 2.24) is 0 Å². The summed E-state index contributed by atoms with van der Waals surface area (Å²) in [6.07, 6.45) is 1.39. The topological polar surface area (TPSA) is 59.3 Å². The van der Waals surface area contributed by atoms with Crippen LogP contribution in [0, 0.1) is 17.2 Å². The fourth-order valence-electron chi connectivity index (χ4n) is 1.86. The van der Waals surface area contributed by atoms with Gasteiger partial charge in [0.1, 0.15) is 11.6 Å². The first-order valence-electron chi connectivity index (χ1n) is 6.01. The lowest BCUT2D eigenvalue weighted by molar-refractivity contribution is -0.138. The maximum atomic E-state index is 11.6. The highest BCUT2D eigenvalue weighted by Crippen LogP contribution is 2.27. The van der Waals surface area contributed by atoms with Gasteiger partial charge in [0.15, 0.2) is 0 Å². The summed E-state index contributed by atoms with van der Waals surface area (Å²) in [6, 6.07) is 1.97. The minimum Gasteiger partial charge on any atom is -0.462 e. The summed E-state index contributed by atoms with van der Waals surface area (Å²) in [6.45, 7) is 6.75. The first kappa shape index (κ1) is 13.7. The quantitative estimate of drug-likeness (QED) is 0.429. The molecule has 0 aromatic rings. The molecule has 0 N–H and O–H groups in total. The summed E-state index contributed by atoms with van der Waals surface area (Å²) in [5, 5.41) is 9.05. The SMILES string of the molecule is CCOC(=O)/C(C#N)=C1\CCOC(C(C)C)C1. The molecule has 1 aliphatic heterocycles. The van der Waals surface area contributed by atoms with Crippen molar-refractivity contribution in [2.45, 2.75) is 39.7 Å². The van der Waals surface area contributed by atoms with Gasteiger partial charge in [-0.25, -0.2) is 4.79 Å². The Bertz CT molecular complexity index is 352. The Morgan fingerprint density at radius 3 is 2.88 bits per heavy atom. The summed E-state index contributed by atoms with van der Waals surface area (Å²) in [4.78, 5) is 11.6. The zero-order chi connectivity index (χ0) is 12.8. The number of hydrogen-bond donors (Lipinski definition) is 0. The molecule has 0 aromatic carbocycles. The standard InChI is InChI=1S/C13H19NO3/c1-4-16-13(15)11(8-14)10-5-6-17-12(7-10)9(2)3/h9,12H,4-7H2,1-3H3/b11-10+. The lowest BCUT2D eigenvalue weighted by atomic mass is 9.92. The van der Waals surface area contributed by atoms with Crippen molar-refractivity contribution in [1.29, 1.82) is 5.26 Å². The average molecular weight is 237 g/mol. The highest BCUT2D eigenvalue weighted by atomic mass is 16.5. The van der Waals surface area contributed by atoms with E-state index in [4.69, 9.17) is 14.7 Å². The van der Waals surface area contributed by atoms with Gasteiger partial charge in [-0.05, 0) is 31.3 Å². The van der Waals surface area contributed by atoms with E-state index in [-0.39, 0.29) is 11.7 Å². The van der Waals surface area contributed by atoms with Crippen LogP contribution >= 0.6 is 0 Å². The number of nitrogens with zero attached hydrogens (tertiary/aromatic N) is 1. The van der Waals surface area contributed by atoms with E-state index >= 15 is 0 Å². The number of nitriles is 1. The fourth-order valence-corrected chi connectivity index (χ4v) is 1.86. The van der Waals surface area contributed by atoms with Crippen LogP contribution < -0.4 is 0 Å². The predicted molar refractivity (Wildman–Crippen MR) is 63.1 cm³/mol. The minimum atomic E-state index is -0.505. The molecule has 1 heterocycles. The Labute approximate surface area is 102 Å². The van der Waals surface area contributed by atoms with Crippen molar-refractivity contribution in [3.05, 3.63) is 11.1 Å². The molecule has 0 aliphatic carbocycles. The van der Waals surface area contributed by atoms with Crippen molar-refractivity contribution in [2.24, 2.45) is 5.92 Å². The molecular weight excluding hydrogens is 218 g/mol. The second-order valence-corrected chi connectivity index (χ2v) is 4.42. The van der Waals surface area contributed by atoms with Crippen LogP contribution in [0.4, 0.5) is 0 Å². The van der Waals surface area contributed by atoms with Crippen molar-refractivity contribution < 1.29 is 14.3 Å². The third-order valence-corrected chi connectivity index (χ3v) is 2.87. The zero-order valence-electron chi connectivity index (χ0n) is 10.7. The molecule has 4 nitrogen and oxygen atoms in total. The lowest BCUT2D eigenvalue weighted by Gasteiger charge is -2.28. The largest absolute Gasteiger partial charge is 0.462 e. The fraction of sp³-hybridized carbons (Fsp3) is 0.692. The van der Waals surface area contributed by atoms with E-state index in [9.17, 15) is 4.79 Å². The molecule has 0 radical (unpaired) electrons. The molecule has 94 valence electrons. The molecule has 0 amide bonds. The van der Waals surface area contributed by atoms with Crippen molar-refractivity contribution in [3.8, 4) is 6.07 Å². The van der Waals surface area contributed by atoms with Gasteiger partial charge in [-0.2, -0.15) is 5.26 Å². The summed E-state index contributed by atoms with van der Waals surface area (Å²) >= 11 is 0. The molecule has 4 heteroatoms. The molecule has 0 bridgehead atoms. The molecule has 1 unspecified atom stereocenters. The molecule has 1 saturated heterocycles. The molecule has 1 atom stereocenters. The first-order chi connectivity index (χ1) is 8.10. The van der Waals surface area contributed by atoms with Crippen molar-refractivity contribution >= 4 is 5.97 Å². The molecule has 1 aliphatic rings. The van der Waals surface area contributed by atoms with Gasteiger partial charge >= 0.3 is 5.97 Å².